The second kappa shape index (κ2) is 11.2. The number of ether oxygens (including phenoxy) is 1. The van der Waals surface area contributed by atoms with Crippen molar-refractivity contribution in [3.8, 4) is 16.9 Å². The van der Waals surface area contributed by atoms with Gasteiger partial charge in [0, 0.05) is 16.6 Å². The summed E-state index contributed by atoms with van der Waals surface area (Å²) in [6, 6.07) is 20.6. The second-order valence-corrected chi connectivity index (χ2v) is 10.0. The highest BCUT2D eigenvalue weighted by Gasteiger charge is 2.29. The fraction of sp³-hybridized carbons (Fsp3) is 0.300. The van der Waals surface area contributed by atoms with Crippen LogP contribution in [0, 0.1) is 13.8 Å². The molecule has 0 aromatic heterocycles. The van der Waals surface area contributed by atoms with E-state index in [1.165, 1.54) is 16.7 Å². The summed E-state index contributed by atoms with van der Waals surface area (Å²) in [5.41, 5.74) is 7.99. The average molecular weight is 534 g/mol. The number of carboxylic acid groups (broad SMARTS) is 1. The van der Waals surface area contributed by atoms with Gasteiger partial charge in [-0.1, -0.05) is 76.9 Å². The third-order valence-corrected chi connectivity index (χ3v) is 7.56. The lowest BCUT2D eigenvalue weighted by Gasteiger charge is -2.33. The monoisotopic (exact) mass is 533 g/mol. The smallest absolute Gasteiger partial charge is 0.320 e. The molecule has 0 radical (unpaired) electrons. The van der Waals surface area contributed by atoms with E-state index in [2.05, 4.69) is 95.4 Å². The molecule has 35 heavy (non-hydrogen) atoms. The highest BCUT2D eigenvalue weighted by Crippen LogP contribution is 2.35. The van der Waals surface area contributed by atoms with Crippen molar-refractivity contribution in [1.82, 2.24) is 4.90 Å². The summed E-state index contributed by atoms with van der Waals surface area (Å²) in [5.74, 6) is 0.0450. The van der Waals surface area contributed by atoms with Crippen LogP contribution in [0.3, 0.4) is 0 Å². The van der Waals surface area contributed by atoms with Crippen molar-refractivity contribution in [1.29, 1.82) is 0 Å². The molecule has 1 aliphatic rings. The van der Waals surface area contributed by atoms with Crippen molar-refractivity contribution in [2.45, 2.75) is 45.7 Å². The number of halogens is 1. The van der Waals surface area contributed by atoms with Crippen LogP contribution in [0.25, 0.3) is 21.7 Å². The molecule has 1 aliphatic heterocycles. The van der Waals surface area contributed by atoms with Gasteiger partial charge in [0.2, 0.25) is 0 Å². The molecular weight excluding hydrogens is 502 g/mol. The molecule has 3 aromatic rings. The Bertz CT molecular complexity index is 1240. The van der Waals surface area contributed by atoms with Gasteiger partial charge < -0.3 is 9.84 Å². The third-order valence-electron chi connectivity index (χ3n) is 6.90. The molecule has 1 N–H and O–H groups in total. The van der Waals surface area contributed by atoms with Crippen LogP contribution in [0.5, 0.6) is 5.75 Å². The van der Waals surface area contributed by atoms with Crippen molar-refractivity contribution >= 4 is 32.5 Å². The van der Waals surface area contributed by atoms with E-state index >= 15 is 0 Å². The van der Waals surface area contributed by atoms with E-state index in [0.29, 0.717) is 13.0 Å². The second-order valence-electron chi connectivity index (χ2n) is 9.18. The maximum absolute atomic E-state index is 11.7. The van der Waals surface area contributed by atoms with Gasteiger partial charge in [-0.15, -0.1) is 0 Å². The fourth-order valence-electron chi connectivity index (χ4n) is 4.95. The fourth-order valence-corrected chi connectivity index (χ4v) is 5.63. The molecule has 1 atom stereocenters. The molecule has 1 unspecified atom stereocenters. The van der Waals surface area contributed by atoms with Crippen LogP contribution in [-0.2, 0) is 11.3 Å². The number of carbonyl (C=O) groups is 1. The molecule has 0 saturated carbocycles. The zero-order valence-electron chi connectivity index (χ0n) is 20.6. The average Bonchev–Trinajstić information content (AvgIpc) is 2.86. The summed E-state index contributed by atoms with van der Waals surface area (Å²) in [6.07, 6.45) is 4.83. The lowest BCUT2D eigenvalue weighted by molar-refractivity contribution is -0.144. The van der Waals surface area contributed by atoms with Crippen molar-refractivity contribution in [2.75, 3.05) is 13.7 Å². The molecule has 0 bridgehead atoms. The van der Waals surface area contributed by atoms with Gasteiger partial charge in [-0.2, -0.15) is 0 Å². The van der Waals surface area contributed by atoms with E-state index in [1.54, 1.807) is 7.11 Å². The number of benzene rings is 3. The molecule has 182 valence electrons. The molecule has 0 spiro atoms. The number of piperidine rings is 1. The minimum atomic E-state index is -0.739. The number of rotatable bonds is 7. The summed E-state index contributed by atoms with van der Waals surface area (Å²) < 4.78 is 6.75. The van der Waals surface area contributed by atoms with Crippen molar-refractivity contribution < 1.29 is 14.6 Å². The number of nitrogens with zero attached hydrogens (tertiary/aromatic N) is 1. The highest BCUT2D eigenvalue weighted by molar-refractivity contribution is 9.15. The summed E-state index contributed by atoms with van der Waals surface area (Å²) >= 11 is 3.83. The molecule has 0 aliphatic carbocycles. The number of hydrogen-bond donors (Lipinski definition) is 1. The van der Waals surface area contributed by atoms with Gasteiger partial charge in [-0.05, 0) is 78.8 Å². The lowest BCUT2D eigenvalue weighted by atomic mass is 9.95. The van der Waals surface area contributed by atoms with Crippen LogP contribution in [-0.4, -0.2) is 35.7 Å². The SMILES string of the molecule is COc1cc(C=C(Br)c2cccc(-c3ccccc3)c2C)c(C)cc1CN1CCCCC1C(=O)O. The molecule has 1 fully saturated rings. The van der Waals surface area contributed by atoms with E-state index < -0.39 is 12.0 Å². The van der Waals surface area contributed by atoms with E-state index in [-0.39, 0.29) is 0 Å². The van der Waals surface area contributed by atoms with Crippen LogP contribution in [0.2, 0.25) is 0 Å². The summed E-state index contributed by atoms with van der Waals surface area (Å²) in [4.78, 5) is 13.8. The first kappa shape index (κ1) is 25.2. The molecule has 4 rings (SSSR count). The van der Waals surface area contributed by atoms with Gasteiger partial charge in [0.05, 0.1) is 7.11 Å². The van der Waals surface area contributed by atoms with Gasteiger partial charge in [0.25, 0.3) is 0 Å². The number of aliphatic carboxylic acids is 1. The molecular formula is C30H32BrNO3. The number of methoxy groups -OCH3 is 1. The quantitative estimate of drug-likeness (QED) is 0.323. The minimum absolute atomic E-state index is 0.428. The van der Waals surface area contributed by atoms with Crippen molar-refractivity contribution in [3.63, 3.8) is 0 Å². The van der Waals surface area contributed by atoms with Crippen LogP contribution in [0.15, 0.2) is 60.7 Å². The number of carboxylic acids is 1. The Morgan fingerprint density at radius 1 is 1.11 bits per heavy atom. The maximum atomic E-state index is 11.7. The molecule has 5 heteroatoms. The minimum Gasteiger partial charge on any atom is -0.496 e. The van der Waals surface area contributed by atoms with E-state index in [9.17, 15) is 9.90 Å². The van der Waals surface area contributed by atoms with E-state index in [0.717, 1.165) is 51.9 Å². The molecule has 4 nitrogen and oxygen atoms in total. The first-order chi connectivity index (χ1) is 16.9. The Morgan fingerprint density at radius 3 is 2.60 bits per heavy atom. The normalized spacial score (nSPS) is 16.8. The number of likely N-dealkylation sites (tertiary alicyclic amines) is 1. The number of aryl methyl sites for hydroxylation is 1. The van der Waals surface area contributed by atoms with Gasteiger partial charge in [0.15, 0.2) is 0 Å². The summed E-state index contributed by atoms with van der Waals surface area (Å²) in [6.45, 7) is 5.61. The zero-order chi connectivity index (χ0) is 24.9. The Kier molecular flexibility index (Phi) is 8.09. The van der Waals surface area contributed by atoms with Crippen molar-refractivity contribution in [3.05, 3.63) is 88.5 Å². The maximum Gasteiger partial charge on any atom is 0.320 e. The summed E-state index contributed by atoms with van der Waals surface area (Å²) in [5, 5.41) is 9.65. The predicted molar refractivity (Wildman–Crippen MR) is 147 cm³/mol. The standard InChI is InChI=1S/C30H32BrNO3/c1-20-16-24(19-32-15-8-7-14-28(32)30(33)34)29(35-3)18-23(20)17-27(31)26-13-9-12-25(21(26)2)22-10-5-4-6-11-22/h4-6,9-13,16-18,28H,7-8,14-15,19H2,1-3H3,(H,33,34). The summed E-state index contributed by atoms with van der Waals surface area (Å²) in [7, 11) is 1.68. The Morgan fingerprint density at radius 2 is 1.89 bits per heavy atom. The first-order valence-corrected chi connectivity index (χ1v) is 12.8. The molecule has 3 aromatic carbocycles. The lowest BCUT2D eigenvalue weighted by Crippen LogP contribution is -2.44. The van der Waals surface area contributed by atoms with Gasteiger partial charge >= 0.3 is 5.97 Å². The molecule has 1 heterocycles. The Hall–Kier alpha value is -2.89. The van der Waals surface area contributed by atoms with Gasteiger partial charge in [-0.3, -0.25) is 9.69 Å². The number of hydrogen-bond acceptors (Lipinski definition) is 3. The highest BCUT2D eigenvalue weighted by atomic mass is 79.9. The predicted octanol–water partition coefficient (Wildman–Crippen LogP) is 7.31. The van der Waals surface area contributed by atoms with E-state index in [1.807, 2.05) is 6.07 Å². The Labute approximate surface area is 216 Å². The van der Waals surface area contributed by atoms with Crippen LogP contribution < -0.4 is 4.74 Å². The Balaban J connectivity index is 1.65. The molecule has 0 amide bonds. The topological polar surface area (TPSA) is 49.8 Å². The van der Waals surface area contributed by atoms with Crippen LogP contribution >= 0.6 is 15.9 Å². The van der Waals surface area contributed by atoms with Crippen molar-refractivity contribution in [2.24, 2.45) is 0 Å². The van der Waals surface area contributed by atoms with Gasteiger partial charge in [0.1, 0.15) is 11.8 Å². The largest absolute Gasteiger partial charge is 0.496 e. The van der Waals surface area contributed by atoms with Gasteiger partial charge in [-0.25, -0.2) is 0 Å². The first-order valence-electron chi connectivity index (χ1n) is 12.1. The third kappa shape index (κ3) is 5.68. The van der Waals surface area contributed by atoms with Crippen LogP contribution in [0.4, 0.5) is 0 Å². The van der Waals surface area contributed by atoms with Crippen LogP contribution in [0.1, 0.15) is 47.1 Å². The van der Waals surface area contributed by atoms with E-state index in [4.69, 9.17) is 4.74 Å². The molecule has 1 saturated heterocycles. The zero-order valence-corrected chi connectivity index (χ0v) is 22.1.